The monoisotopic (exact) mass is 277 g/mol. The fraction of sp³-hybridized carbons (Fsp3) is 0.882. The van der Waals surface area contributed by atoms with Crippen molar-refractivity contribution in [3.63, 3.8) is 0 Å². The highest BCUT2D eigenvalue weighted by Crippen LogP contribution is 2.40. The number of amides is 1. The van der Waals surface area contributed by atoms with Gasteiger partial charge in [-0.1, -0.05) is 25.7 Å². The lowest BCUT2D eigenvalue weighted by molar-refractivity contribution is -0.137. The minimum atomic E-state index is 0.103. The van der Waals surface area contributed by atoms with Gasteiger partial charge in [0, 0.05) is 24.3 Å². The molecule has 112 valence electrons. The van der Waals surface area contributed by atoms with E-state index in [0.717, 1.165) is 32.2 Å². The number of fused-ring (bicyclic) bond motifs is 2. The average molecular weight is 277 g/mol. The molecule has 0 heterocycles. The molecule has 3 heteroatoms. The van der Waals surface area contributed by atoms with E-state index in [4.69, 9.17) is 0 Å². The first kappa shape index (κ1) is 14.1. The molecule has 0 radical (unpaired) electrons. The van der Waals surface area contributed by atoms with Crippen molar-refractivity contribution in [2.45, 2.75) is 64.2 Å². The quantitative estimate of drug-likeness (QED) is 0.861. The number of hydrogen-bond donors (Lipinski definition) is 1. The minimum absolute atomic E-state index is 0.103. The van der Waals surface area contributed by atoms with Crippen LogP contribution in [0.15, 0.2) is 0 Å². The molecule has 3 aliphatic carbocycles. The maximum absolute atomic E-state index is 12.4. The Hall–Kier alpha value is -0.860. The smallest absolute Gasteiger partial charge is 0.223 e. The Morgan fingerprint density at radius 1 is 0.950 bits per heavy atom. The molecule has 2 bridgehead atoms. The summed E-state index contributed by atoms with van der Waals surface area (Å²) in [4.78, 5) is 24.4. The van der Waals surface area contributed by atoms with Crippen LogP contribution in [-0.2, 0) is 9.59 Å². The summed E-state index contributed by atoms with van der Waals surface area (Å²) >= 11 is 0. The van der Waals surface area contributed by atoms with E-state index in [-0.39, 0.29) is 23.7 Å². The second-order valence-corrected chi connectivity index (χ2v) is 7.14. The molecular weight excluding hydrogens is 250 g/mol. The van der Waals surface area contributed by atoms with E-state index < -0.39 is 0 Å². The molecule has 0 spiro atoms. The molecule has 1 amide bonds. The summed E-state index contributed by atoms with van der Waals surface area (Å²) < 4.78 is 0. The highest BCUT2D eigenvalue weighted by molar-refractivity contribution is 5.88. The van der Waals surface area contributed by atoms with Crippen LogP contribution in [0.3, 0.4) is 0 Å². The normalized spacial score (nSPS) is 34.8. The fourth-order valence-corrected chi connectivity index (χ4v) is 4.47. The van der Waals surface area contributed by atoms with Gasteiger partial charge in [-0.2, -0.15) is 0 Å². The number of hydrogen-bond acceptors (Lipinski definition) is 2. The predicted octanol–water partition coefficient (Wildman–Crippen LogP) is 3.08. The lowest BCUT2D eigenvalue weighted by atomic mass is 9.67. The summed E-state index contributed by atoms with van der Waals surface area (Å²) in [6.45, 7) is 0.860. The molecule has 2 unspecified atom stereocenters. The zero-order chi connectivity index (χ0) is 13.9. The topological polar surface area (TPSA) is 46.2 Å². The maximum Gasteiger partial charge on any atom is 0.223 e. The molecule has 3 nitrogen and oxygen atoms in total. The van der Waals surface area contributed by atoms with Crippen molar-refractivity contribution in [2.75, 3.05) is 6.54 Å². The van der Waals surface area contributed by atoms with Crippen molar-refractivity contribution >= 4 is 11.7 Å². The average Bonchev–Trinajstić information content (AvgIpc) is 2.45. The first-order valence-corrected chi connectivity index (χ1v) is 8.55. The van der Waals surface area contributed by atoms with Gasteiger partial charge in [-0.3, -0.25) is 9.59 Å². The van der Waals surface area contributed by atoms with Crippen LogP contribution >= 0.6 is 0 Å². The first-order chi connectivity index (χ1) is 9.74. The highest BCUT2D eigenvalue weighted by atomic mass is 16.2. The molecule has 0 aromatic heterocycles. The van der Waals surface area contributed by atoms with E-state index in [0.29, 0.717) is 11.7 Å². The van der Waals surface area contributed by atoms with Crippen LogP contribution in [0.1, 0.15) is 64.2 Å². The predicted molar refractivity (Wildman–Crippen MR) is 78.1 cm³/mol. The van der Waals surface area contributed by atoms with Gasteiger partial charge in [0.15, 0.2) is 0 Å². The van der Waals surface area contributed by atoms with Crippen molar-refractivity contribution in [2.24, 2.45) is 23.7 Å². The maximum atomic E-state index is 12.4. The van der Waals surface area contributed by atoms with Crippen molar-refractivity contribution in [3.05, 3.63) is 0 Å². The SMILES string of the molecule is O=C(NCC1CCCCC1)C1CC2CCCC(C1)C2=O. The van der Waals surface area contributed by atoms with Crippen LogP contribution in [0.4, 0.5) is 0 Å². The second-order valence-electron chi connectivity index (χ2n) is 7.14. The third-order valence-corrected chi connectivity index (χ3v) is 5.71. The summed E-state index contributed by atoms with van der Waals surface area (Å²) in [7, 11) is 0. The Morgan fingerprint density at radius 3 is 2.25 bits per heavy atom. The van der Waals surface area contributed by atoms with Crippen LogP contribution in [0.25, 0.3) is 0 Å². The van der Waals surface area contributed by atoms with Crippen LogP contribution in [-0.4, -0.2) is 18.2 Å². The zero-order valence-corrected chi connectivity index (χ0v) is 12.4. The fourth-order valence-electron chi connectivity index (χ4n) is 4.47. The third kappa shape index (κ3) is 3.07. The van der Waals surface area contributed by atoms with Gasteiger partial charge in [0.1, 0.15) is 5.78 Å². The molecule has 0 aromatic rings. The third-order valence-electron chi connectivity index (χ3n) is 5.71. The van der Waals surface area contributed by atoms with Crippen molar-refractivity contribution in [3.8, 4) is 0 Å². The first-order valence-electron chi connectivity index (χ1n) is 8.55. The zero-order valence-electron chi connectivity index (χ0n) is 12.4. The Balaban J connectivity index is 1.49. The van der Waals surface area contributed by atoms with E-state index >= 15 is 0 Å². The van der Waals surface area contributed by atoms with Gasteiger partial charge in [0.25, 0.3) is 0 Å². The largest absolute Gasteiger partial charge is 0.356 e. The minimum Gasteiger partial charge on any atom is -0.356 e. The molecule has 0 saturated heterocycles. The van der Waals surface area contributed by atoms with E-state index in [1.807, 2.05) is 0 Å². The molecule has 1 N–H and O–H groups in total. The van der Waals surface area contributed by atoms with E-state index in [2.05, 4.69) is 5.32 Å². The molecule has 0 aliphatic heterocycles. The van der Waals surface area contributed by atoms with Gasteiger partial charge in [0.05, 0.1) is 0 Å². The number of Topliss-reactive ketones (excluding diaryl/α,β-unsaturated/α-hetero) is 1. The van der Waals surface area contributed by atoms with Gasteiger partial charge in [-0.05, 0) is 44.4 Å². The Morgan fingerprint density at radius 2 is 1.60 bits per heavy atom. The Kier molecular flexibility index (Phi) is 4.42. The van der Waals surface area contributed by atoms with Crippen LogP contribution in [0.5, 0.6) is 0 Å². The molecule has 3 aliphatic rings. The van der Waals surface area contributed by atoms with E-state index in [1.54, 1.807) is 0 Å². The summed E-state index contributed by atoms with van der Waals surface area (Å²) in [5.74, 6) is 1.84. The molecular formula is C17H27NO2. The lowest BCUT2D eigenvalue weighted by Crippen LogP contribution is -2.43. The standard InChI is InChI=1S/C17H27NO2/c19-16-13-7-4-8-14(16)10-15(9-13)17(20)18-11-12-5-2-1-3-6-12/h12-15H,1-11H2,(H,18,20). The molecule has 2 atom stereocenters. The van der Waals surface area contributed by atoms with Gasteiger partial charge in [-0.15, -0.1) is 0 Å². The Bertz CT molecular complexity index is 357. The van der Waals surface area contributed by atoms with Gasteiger partial charge >= 0.3 is 0 Å². The van der Waals surface area contributed by atoms with Crippen LogP contribution < -0.4 is 5.32 Å². The summed E-state index contributed by atoms with van der Waals surface area (Å²) in [5, 5.41) is 3.18. The van der Waals surface area contributed by atoms with Crippen molar-refractivity contribution in [1.82, 2.24) is 5.32 Å². The van der Waals surface area contributed by atoms with Gasteiger partial charge in [-0.25, -0.2) is 0 Å². The van der Waals surface area contributed by atoms with Crippen LogP contribution in [0, 0.1) is 23.7 Å². The summed E-state index contributed by atoms with van der Waals surface area (Å²) in [6, 6.07) is 0. The van der Waals surface area contributed by atoms with E-state index in [1.165, 1.54) is 38.5 Å². The lowest BCUT2D eigenvalue weighted by Gasteiger charge is -2.37. The second kappa shape index (κ2) is 6.28. The number of nitrogens with one attached hydrogen (secondary N) is 1. The highest BCUT2D eigenvalue weighted by Gasteiger charge is 2.41. The molecule has 3 saturated carbocycles. The van der Waals surface area contributed by atoms with E-state index in [9.17, 15) is 9.59 Å². The molecule has 3 fully saturated rings. The molecule has 3 rings (SSSR count). The number of carbonyl (C=O) groups is 2. The van der Waals surface area contributed by atoms with Crippen molar-refractivity contribution in [1.29, 1.82) is 0 Å². The molecule has 0 aromatic carbocycles. The number of rotatable bonds is 3. The number of carbonyl (C=O) groups excluding carboxylic acids is 2. The number of ketones is 1. The van der Waals surface area contributed by atoms with Crippen molar-refractivity contribution < 1.29 is 9.59 Å². The summed E-state index contributed by atoms with van der Waals surface area (Å²) in [6.07, 6.45) is 11.4. The Labute approximate surface area is 121 Å². The summed E-state index contributed by atoms with van der Waals surface area (Å²) in [5.41, 5.74) is 0. The molecule has 20 heavy (non-hydrogen) atoms. The van der Waals surface area contributed by atoms with Crippen LogP contribution in [0.2, 0.25) is 0 Å². The van der Waals surface area contributed by atoms with Gasteiger partial charge < -0.3 is 5.32 Å². The van der Waals surface area contributed by atoms with Gasteiger partial charge in [0.2, 0.25) is 5.91 Å².